The first kappa shape index (κ1) is 16.8. The van der Waals surface area contributed by atoms with Gasteiger partial charge in [-0.25, -0.2) is 4.99 Å². The zero-order valence-corrected chi connectivity index (χ0v) is 15.4. The number of aliphatic imine (C=N–C) groups is 1. The Morgan fingerprint density at radius 2 is 1.96 bits per heavy atom. The molecule has 0 bridgehead atoms. The molecular weight excluding hydrogens is 388 g/mol. The largest absolute Gasteiger partial charge is 0.494 e. The fraction of sp³-hybridized carbons (Fsp3) is 0.111. The lowest BCUT2D eigenvalue weighted by Crippen LogP contribution is -2.19. The second-order valence-electron chi connectivity index (χ2n) is 4.94. The molecule has 0 unspecified atom stereocenters. The van der Waals surface area contributed by atoms with Gasteiger partial charge in [-0.3, -0.25) is 4.79 Å². The van der Waals surface area contributed by atoms with E-state index >= 15 is 0 Å². The number of thioether (sulfide) groups is 1. The van der Waals surface area contributed by atoms with Gasteiger partial charge in [0.2, 0.25) is 0 Å². The van der Waals surface area contributed by atoms with Crippen LogP contribution in [0.2, 0.25) is 0 Å². The molecule has 6 heteroatoms. The van der Waals surface area contributed by atoms with Crippen molar-refractivity contribution in [3.05, 3.63) is 63.5 Å². The number of amides is 1. The van der Waals surface area contributed by atoms with Gasteiger partial charge in [0.05, 0.1) is 17.2 Å². The van der Waals surface area contributed by atoms with Crippen LogP contribution in [0.25, 0.3) is 6.08 Å². The van der Waals surface area contributed by atoms with E-state index in [1.807, 2.05) is 61.5 Å². The van der Waals surface area contributed by atoms with Gasteiger partial charge in [0, 0.05) is 4.47 Å². The van der Waals surface area contributed by atoms with Crippen molar-refractivity contribution in [3.63, 3.8) is 0 Å². The number of amidine groups is 1. The van der Waals surface area contributed by atoms with Crippen molar-refractivity contribution >= 4 is 50.5 Å². The molecule has 1 saturated heterocycles. The predicted octanol–water partition coefficient (Wildman–Crippen LogP) is 4.74. The fourth-order valence-electron chi connectivity index (χ4n) is 2.11. The SMILES string of the molecule is CCOc1ccc(C=C2SC(=Nc3ccccc3Br)NC2=O)cc1. The molecule has 2 aromatic carbocycles. The molecular formula is C18H15BrN2O2S. The molecule has 2 aromatic rings. The molecule has 4 nitrogen and oxygen atoms in total. The molecule has 24 heavy (non-hydrogen) atoms. The topological polar surface area (TPSA) is 50.7 Å². The van der Waals surface area contributed by atoms with E-state index in [9.17, 15) is 4.79 Å². The Labute approximate surface area is 153 Å². The molecule has 1 aliphatic rings. The summed E-state index contributed by atoms with van der Waals surface area (Å²) in [6, 6.07) is 15.3. The highest BCUT2D eigenvalue weighted by Gasteiger charge is 2.23. The van der Waals surface area contributed by atoms with Crippen LogP contribution in [0, 0.1) is 0 Å². The molecule has 0 aliphatic carbocycles. The minimum atomic E-state index is -0.139. The molecule has 3 rings (SSSR count). The number of benzene rings is 2. The molecule has 0 saturated carbocycles. The summed E-state index contributed by atoms with van der Waals surface area (Å²) in [6.07, 6.45) is 1.85. The van der Waals surface area contributed by atoms with Crippen LogP contribution in [0.4, 0.5) is 5.69 Å². The average molecular weight is 403 g/mol. The van der Waals surface area contributed by atoms with Crippen LogP contribution in [0.1, 0.15) is 12.5 Å². The normalized spacial score (nSPS) is 17.3. The van der Waals surface area contributed by atoms with Gasteiger partial charge in [-0.2, -0.15) is 0 Å². The summed E-state index contributed by atoms with van der Waals surface area (Å²) >= 11 is 4.78. The number of rotatable bonds is 4. The van der Waals surface area contributed by atoms with Crippen LogP contribution in [0.5, 0.6) is 5.75 Å². The molecule has 1 amide bonds. The molecule has 1 N–H and O–H groups in total. The molecule has 1 fully saturated rings. The quantitative estimate of drug-likeness (QED) is 0.751. The number of ether oxygens (including phenoxy) is 1. The summed E-state index contributed by atoms with van der Waals surface area (Å²) in [6.45, 7) is 2.58. The van der Waals surface area contributed by atoms with E-state index < -0.39 is 0 Å². The Kier molecular flexibility index (Phi) is 5.37. The van der Waals surface area contributed by atoms with E-state index in [0.29, 0.717) is 16.7 Å². The first-order chi connectivity index (χ1) is 11.7. The minimum Gasteiger partial charge on any atom is -0.494 e. The van der Waals surface area contributed by atoms with Gasteiger partial charge in [0.15, 0.2) is 5.17 Å². The standard InChI is InChI=1S/C18H15BrN2O2S/c1-2-23-13-9-7-12(8-10-13)11-16-17(22)21-18(24-16)20-15-6-4-3-5-14(15)19/h3-11H,2H2,1H3,(H,20,21,22). The maximum Gasteiger partial charge on any atom is 0.264 e. The lowest BCUT2D eigenvalue weighted by Gasteiger charge is -2.02. The zero-order chi connectivity index (χ0) is 16.9. The van der Waals surface area contributed by atoms with E-state index in [2.05, 4.69) is 26.2 Å². The van der Waals surface area contributed by atoms with Crippen LogP contribution in [-0.2, 0) is 4.79 Å². The van der Waals surface area contributed by atoms with E-state index in [0.717, 1.165) is 21.5 Å². The van der Waals surface area contributed by atoms with Crippen LogP contribution in [0.15, 0.2) is 62.9 Å². The summed E-state index contributed by atoms with van der Waals surface area (Å²) in [4.78, 5) is 17.2. The first-order valence-corrected chi connectivity index (χ1v) is 9.03. The highest BCUT2D eigenvalue weighted by molar-refractivity contribution is 9.10. The Hall–Kier alpha value is -2.05. The lowest BCUT2D eigenvalue weighted by atomic mass is 10.2. The number of para-hydroxylation sites is 1. The van der Waals surface area contributed by atoms with E-state index in [1.54, 1.807) is 0 Å². The average Bonchev–Trinajstić information content (AvgIpc) is 2.91. The molecule has 0 atom stereocenters. The second-order valence-corrected chi connectivity index (χ2v) is 6.82. The van der Waals surface area contributed by atoms with Gasteiger partial charge in [-0.1, -0.05) is 24.3 Å². The van der Waals surface area contributed by atoms with Gasteiger partial charge >= 0.3 is 0 Å². The van der Waals surface area contributed by atoms with Gasteiger partial charge in [0.1, 0.15) is 5.75 Å². The Balaban J connectivity index is 1.78. The summed E-state index contributed by atoms with van der Waals surface area (Å²) in [5, 5.41) is 3.37. The Morgan fingerprint density at radius 1 is 1.21 bits per heavy atom. The van der Waals surface area contributed by atoms with Gasteiger partial charge in [-0.05, 0) is 70.5 Å². The predicted molar refractivity (Wildman–Crippen MR) is 103 cm³/mol. The van der Waals surface area contributed by atoms with E-state index in [4.69, 9.17) is 4.74 Å². The van der Waals surface area contributed by atoms with Crippen molar-refractivity contribution in [2.45, 2.75) is 6.92 Å². The van der Waals surface area contributed by atoms with Crippen LogP contribution in [0.3, 0.4) is 0 Å². The van der Waals surface area contributed by atoms with Crippen molar-refractivity contribution in [1.29, 1.82) is 0 Å². The number of hydrogen-bond acceptors (Lipinski definition) is 4. The van der Waals surface area contributed by atoms with Crippen LogP contribution in [-0.4, -0.2) is 17.7 Å². The Morgan fingerprint density at radius 3 is 2.67 bits per heavy atom. The lowest BCUT2D eigenvalue weighted by molar-refractivity contribution is -0.115. The third kappa shape index (κ3) is 4.07. The smallest absolute Gasteiger partial charge is 0.264 e. The number of halogens is 1. The first-order valence-electron chi connectivity index (χ1n) is 7.42. The summed E-state index contributed by atoms with van der Waals surface area (Å²) in [5.74, 6) is 0.680. The van der Waals surface area contributed by atoms with Crippen molar-refractivity contribution < 1.29 is 9.53 Å². The highest BCUT2D eigenvalue weighted by atomic mass is 79.9. The summed E-state index contributed by atoms with van der Waals surface area (Å²) < 4.78 is 6.30. The van der Waals surface area contributed by atoms with E-state index in [-0.39, 0.29) is 5.91 Å². The number of nitrogens with one attached hydrogen (secondary N) is 1. The van der Waals surface area contributed by atoms with Gasteiger partial charge in [-0.15, -0.1) is 0 Å². The maximum atomic E-state index is 12.1. The molecule has 1 heterocycles. The maximum absolute atomic E-state index is 12.1. The fourth-order valence-corrected chi connectivity index (χ4v) is 3.32. The number of nitrogens with zero attached hydrogens (tertiary/aromatic N) is 1. The number of carbonyl (C=O) groups excluding carboxylic acids is 1. The second kappa shape index (κ2) is 7.68. The van der Waals surface area contributed by atoms with Crippen molar-refractivity contribution in [2.75, 3.05) is 6.61 Å². The van der Waals surface area contributed by atoms with Crippen LogP contribution < -0.4 is 10.1 Å². The summed E-state index contributed by atoms with van der Waals surface area (Å²) in [7, 11) is 0. The summed E-state index contributed by atoms with van der Waals surface area (Å²) in [5.41, 5.74) is 1.72. The van der Waals surface area contributed by atoms with Gasteiger partial charge < -0.3 is 10.1 Å². The zero-order valence-electron chi connectivity index (χ0n) is 13.0. The van der Waals surface area contributed by atoms with Crippen LogP contribution >= 0.6 is 27.7 Å². The van der Waals surface area contributed by atoms with E-state index in [1.165, 1.54) is 11.8 Å². The number of carbonyl (C=O) groups is 1. The van der Waals surface area contributed by atoms with Crippen molar-refractivity contribution in [2.24, 2.45) is 4.99 Å². The molecule has 0 spiro atoms. The number of hydrogen-bond donors (Lipinski definition) is 1. The molecule has 0 aromatic heterocycles. The molecule has 122 valence electrons. The van der Waals surface area contributed by atoms with Gasteiger partial charge in [0.25, 0.3) is 5.91 Å². The monoisotopic (exact) mass is 402 g/mol. The molecule has 1 aliphatic heterocycles. The highest BCUT2D eigenvalue weighted by Crippen LogP contribution is 2.31. The third-order valence-electron chi connectivity index (χ3n) is 3.21. The Bertz CT molecular complexity index is 816. The van der Waals surface area contributed by atoms with Crippen molar-refractivity contribution in [3.8, 4) is 5.75 Å². The minimum absolute atomic E-state index is 0.139. The van der Waals surface area contributed by atoms with Crippen molar-refractivity contribution in [1.82, 2.24) is 5.32 Å². The third-order valence-corrected chi connectivity index (χ3v) is 4.79. The molecule has 0 radical (unpaired) electrons.